The summed E-state index contributed by atoms with van der Waals surface area (Å²) in [5.74, 6) is -1.24. The summed E-state index contributed by atoms with van der Waals surface area (Å²) in [6.45, 7) is 5.48. The van der Waals surface area contributed by atoms with E-state index in [2.05, 4.69) is 25.3 Å². The minimum Gasteiger partial charge on any atom is -0.388 e. The standard InChI is InChI=1S/C24H23FN4O3.C2H6O/c1-14-9-18(5-6-19(14)12-30)16(3)29-24(32)22-10-21(27-13-28-22)23(31)26-11-17-4-7-20(25)15(2)8-17;1-3-2/h4-10,12-13,16H,11H2,1-3H3,(H,26,31)(H,29,32);1-2H3. The van der Waals surface area contributed by atoms with Gasteiger partial charge >= 0.3 is 0 Å². The highest BCUT2D eigenvalue weighted by Crippen LogP contribution is 2.17. The van der Waals surface area contributed by atoms with Crippen molar-refractivity contribution < 1.29 is 23.5 Å². The van der Waals surface area contributed by atoms with Crippen molar-refractivity contribution in [2.45, 2.75) is 33.4 Å². The summed E-state index contributed by atoms with van der Waals surface area (Å²) in [6, 6.07) is 10.9. The van der Waals surface area contributed by atoms with Crippen LogP contribution in [-0.2, 0) is 11.3 Å². The van der Waals surface area contributed by atoms with Crippen LogP contribution in [0.1, 0.15) is 66.6 Å². The van der Waals surface area contributed by atoms with Crippen molar-refractivity contribution in [3.63, 3.8) is 0 Å². The van der Waals surface area contributed by atoms with Gasteiger partial charge in [-0.1, -0.05) is 30.3 Å². The van der Waals surface area contributed by atoms with Crippen molar-refractivity contribution in [3.8, 4) is 0 Å². The number of methoxy groups -OCH3 is 1. The summed E-state index contributed by atoms with van der Waals surface area (Å²) >= 11 is 0. The molecule has 0 radical (unpaired) electrons. The number of nitrogens with one attached hydrogen (secondary N) is 2. The molecule has 1 atom stereocenters. The molecule has 1 unspecified atom stereocenters. The number of halogens is 1. The molecule has 2 N–H and O–H groups in total. The minimum atomic E-state index is -0.475. The Kier molecular flexibility index (Phi) is 10.2. The molecule has 35 heavy (non-hydrogen) atoms. The van der Waals surface area contributed by atoms with E-state index in [-0.39, 0.29) is 29.8 Å². The predicted molar refractivity (Wildman–Crippen MR) is 130 cm³/mol. The third kappa shape index (κ3) is 7.79. The largest absolute Gasteiger partial charge is 0.388 e. The number of amides is 2. The van der Waals surface area contributed by atoms with E-state index in [1.165, 1.54) is 12.1 Å². The second kappa shape index (κ2) is 13.0. The van der Waals surface area contributed by atoms with E-state index in [0.29, 0.717) is 11.1 Å². The molecule has 184 valence electrons. The lowest BCUT2D eigenvalue weighted by Gasteiger charge is -2.15. The van der Waals surface area contributed by atoms with Gasteiger partial charge in [0.2, 0.25) is 0 Å². The van der Waals surface area contributed by atoms with E-state index in [9.17, 15) is 18.8 Å². The van der Waals surface area contributed by atoms with E-state index in [4.69, 9.17) is 0 Å². The van der Waals surface area contributed by atoms with Crippen LogP contribution < -0.4 is 10.6 Å². The summed E-state index contributed by atoms with van der Waals surface area (Å²) in [5.41, 5.74) is 3.57. The number of benzene rings is 2. The number of aryl methyl sites for hydroxylation is 2. The number of aldehydes is 1. The third-order valence-corrected chi connectivity index (χ3v) is 5.08. The fourth-order valence-corrected chi connectivity index (χ4v) is 3.15. The quantitative estimate of drug-likeness (QED) is 0.499. The molecule has 8 nitrogen and oxygen atoms in total. The van der Waals surface area contributed by atoms with E-state index in [1.807, 2.05) is 19.9 Å². The number of hydrogen-bond acceptors (Lipinski definition) is 6. The van der Waals surface area contributed by atoms with Gasteiger partial charge < -0.3 is 15.4 Å². The van der Waals surface area contributed by atoms with Crippen LogP contribution in [0.25, 0.3) is 0 Å². The van der Waals surface area contributed by atoms with E-state index < -0.39 is 11.8 Å². The third-order valence-electron chi connectivity index (χ3n) is 5.08. The molecule has 0 spiro atoms. The molecule has 0 aliphatic rings. The van der Waals surface area contributed by atoms with E-state index in [0.717, 1.165) is 29.3 Å². The SMILES string of the molecule is COC.Cc1cc(CNC(=O)c2cc(C(=O)NC(C)c3ccc(C=O)c(C)c3)ncn2)ccc1F. The van der Waals surface area contributed by atoms with Crippen molar-refractivity contribution in [1.82, 2.24) is 20.6 Å². The molecule has 1 heterocycles. The maximum absolute atomic E-state index is 13.4. The molecule has 9 heteroatoms. The predicted octanol–water partition coefficient (Wildman–Crippen LogP) is 3.73. The zero-order chi connectivity index (χ0) is 26.0. The summed E-state index contributed by atoms with van der Waals surface area (Å²) in [4.78, 5) is 44.0. The minimum absolute atomic E-state index is 0.0443. The monoisotopic (exact) mass is 480 g/mol. The van der Waals surface area contributed by atoms with Crippen molar-refractivity contribution in [3.05, 3.63) is 93.8 Å². The lowest BCUT2D eigenvalue weighted by Crippen LogP contribution is -2.29. The maximum Gasteiger partial charge on any atom is 0.270 e. The Hall–Kier alpha value is -3.98. The molecular formula is C26H29FN4O4. The van der Waals surface area contributed by atoms with Gasteiger partial charge in [0, 0.05) is 32.4 Å². The Morgan fingerprint density at radius 2 is 1.66 bits per heavy atom. The van der Waals surface area contributed by atoms with Crippen molar-refractivity contribution in [1.29, 1.82) is 0 Å². The Bertz CT molecular complexity index is 1200. The molecule has 3 aromatic rings. The van der Waals surface area contributed by atoms with Gasteiger partial charge in [-0.15, -0.1) is 0 Å². The van der Waals surface area contributed by atoms with Gasteiger partial charge in [0.25, 0.3) is 11.8 Å². The van der Waals surface area contributed by atoms with Crippen LogP contribution in [0.2, 0.25) is 0 Å². The van der Waals surface area contributed by atoms with Crippen LogP contribution in [0.5, 0.6) is 0 Å². The smallest absolute Gasteiger partial charge is 0.270 e. The summed E-state index contributed by atoms with van der Waals surface area (Å²) in [5, 5.41) is 5.53. The molecule has 0 bridgehead atoms. The maximum atomic E-state index is 13.4. The van der Waals surface area contributed by atoms with Crippen LogP contribution in [0.4, 0.5) is 4.39 Å². The second-order valence-corrected chi connectivity index (χ2v) is 7.89. The molecule has 0 saturated heterocycles. The number of carbonyl (C=O) groups excluding carboxylic acids is 3. The van der Waals surface area contributed by atoms with Crippen molar-refractivity contribution >= 4 is 18.1 Å². The van der Waals surface area contributed by atoms with Crippen LogP contribution in [-0.4, -0.2) is 42.3 Å². The van der Waals surface area contributed by atoms with Crippen molar-refractivity contribution in [2.24, 2.45) is 0 Å². The Morgan fingerprint density at radius 1 is 1.00 bits per heavy atom. The Morgan fingerprint density at radius 3 is 2.26 bits per heavy atom. The topological polar surface area (TPSA) is 110 Å². The van der Waals surface area contributed by atoms with Gasteiger partial charge in [0.1, 0.15) is 29.8 Å². The summed E-state index contributed by atoms with van der Waals surface area (Å²) in [7, 11) is 3.25. The molecule has 2 amide bonds. The first-order valence-corrected chi connectivity index (χ1v) is 10.8. The molecule has 0 saturated carbocycles. The first kappa shape index (κ1) is 27.3. The number of carbonyl (C=O) groups is 3. The lowest BCUT2D eigenvalue weighted by atomic mass is 10.0. The number of rotatable bonds is 7. The molecule has 3 rings (SSSR count). The Labute approximate surface area is 204 Å². The number of hydrogen-bond donors (Lipinski definition) is 2. The second-order valence-electron chi connectivity index (χ2n) is 7.89. The molecule has 0 aliphatic carbocycles. The Balaban J connectivity index is 0.00000137. The van der Waals surface area contributed by atoms with Crippen LogP contribution in [0.3, 0.4) is 0 Å². The highest BCUT2D eigenvalue weighted by Gasteiger charge is 2.16. The van der Waals surface area contributed by atoms with E-state index in [1.54, 1.807) is 45.4 Å². The first-order chi connectivity index (χ1) is 16.7. The van der Waals surface area contributed by atoms with Crippen molar-refractivity contribution in [2.75, 3.05) is 14.2 Å². The number of nitrogens with zero attached hydrogens (tertiary/aromatic N) is 2. The number of ether oxygens (including phenoxy) is 1. The van der Waals surface area contributed by atoms with Gasteiger partial charge in [0.05, 0.1) is 6.04 Å². The van der Waals surface area contributed by atoms with Gasteiger partial charge in [0.15, 0.2) is 0 Å². The normalized spacial score (nSPS) is 11.0. The molecule has 2 aromatic carbocycles. The van der Waals surface area contributed by atoms with Gasteiger partial charge in [-0.25, -0.2) is 14.4 Å². The fourth-order valence-electron chi connectivity index (χ4n) is 3.15. The zero-order valence-corrected chi connectivity index (χ0v) is 20.4. The lowest BCUT2D eigenvalue weighted by molar-refractivity contribution is 0.0934. The van der Waals surface area contributed by atoms with Crippen LogP contribution in [0.15, 0.2) is 48.8 Å². The van der Waals surface area contributed by atoms with Gasteiger partial charge in [-0.2, -0.15) is 0 Å². The highest BCUT2D eigenvalue weighted by molar-refractivity contribution is 5.97. The molecule has 1 aromatic heterocycles. The summed E-state index contributed by atoms with van der Waals surface area (Å²) in [6.07, 6.45) is 1.94. The van der Waals surface area contributed by atoms with Crippen LogP contribution >= 0.6 is 0 Å². The fraction of sp³-hybridized carbons (Fsp3) is 0.269. The van der Waals surface area contributed by atoms with Gasteiger partial charge in [-0.05, 0) is 49.1 Å². The zero-order valence-electron chi connectivity index (χ0n) is 20.4. The molecule has 0 fully saturated rings. The average Bonchev–Trinajstić information content (AvgIpc) is 2.85. The molecular weight excluding hydrogens is 451 g/mol. The highest BCUT2D eigenvalue weighted by atomic mass is 19.1. The first-order valence-electron chi connectivity index (χ1n) is 10.8. The number of aromatic nitrogens is 2. The van der Waals surface area contributed by atoms with Crippen LogP contribution in [0, 0.1) is 19.7 Å². The molecule has 0 aliphatic heterocycles. The summed E-state index contributed by atoms with van der Waals surface area (Å²) < 4.78 is 17.6. The van der Waals surface area contributed by atoms with Gasteiger partial charge in [-0.3, -0.25) is 14.4 Å². The van der Waals surface area contributed by atoms with E-state index >= 15 is 0 Å². The average molecular weight is 481 g/mol.